The number of hydrogen-bond donors (Lipinski definition) is 1. The summed E-state index contributed by atoms with van der Waals surface area (Å²) in [5, 5.41) is 1.28. The topological polar surface area (TPSA) is 46.3 Å². The Morgan fingerprint density at radius 2 is 2.25 bits per heavy atom. The number of thioether (sulfide) groups is 1. The van der Waals surface area contributed by atoms with Crippen molar-refractivity contribution >= 4 is 40.9 Å². The van der Waals surface area contributed by atoms with Crippen LogP contribution in [0.4, 0.5) is 0 Å². The van der Waals surface area contributed by atoms with Gasteiger partial charge in [-0.15, -0.1) is 11.8 Å². The van der Waals surface area contributed by atoms with Gasteiger partial charge in [-0.05, 0) is 36.6 Å². The van der Waals surface area contributed by atoms with E-state index in [1.165, 1.54) is 0 Å². The van der Waals surface area contributed by atoms with Crippen molar-refractivity contribution < 1.29 is 4.79 Å². The van der Waals surface area contributed by atoms with E-state index in [9.17, 15) is 4.79 Å². The molecule has 1 amide bonds. The van der Waals surface area contributed by atoms with E-state index in [1.807, 2.05) is 17.0 Å². The minimum Gasteiger partial charge on any atom is -0.342 e. The zero-order valence-electron chi connectivity index (χ0n) is 11.1. The molecule has 1 aliphatic rings. The van der Waals surface area contributed by atoms with Gasteiger partial charge in [0.1, 0.15) is 0 Å². The Kier molecular flexibility index (Phi) is 6.02. The molecule has 0 spiro atoms. The van der Waals surface area contributed by atoms with Crippen LogP contribution in [0, 0.1) is 5.92 Å². The van der Waals surface area contributed by atoms with Crippen molar-refractivity contribution in [3.63, 3.8) is 0 Å². The molecule has 1 aliphatic heterocycles. The van der Waals surface area contributed by atoms with E-state index in [2.05, 4.69) is 0 Å². The highest BCUT2D eigenvalue weighted by Gasteiger charge is 2.24. The standard InChI is InChI=1S/C14H18Cl2N2OS/c15-12-2-1-11(13(16)5-12)8-20-9-14(19)18-4-3-10(6-17)7-18/h1-2,5,10H,3-4,6-9,17H2. The number of carbonyl (C=O) groups is 1. The lowest BCUT2D eigenvalue weighted by Crippen LogP contribution is -2.31. The average molecular weight is 333 g/mol. The number of likely N-dealkylation sites (tertiary alicyclic amines) is 1. The molecular formula is C14H18Cl2N2OS. The quantitative estimate of drug-likeness (QED) is 0.901. The SMILES string of the molecule is NCC1CCN(C(=O)CSCc2ccc(Cl)cc2Cl)C1. The number of nitrogens with zero attached hydrogens (tertiary/aromatic N) is 1. The molecule has 0 radical (unpaired) electrons. The molecule has 1 fully saturated rings. The van der Waals surface area contributed by atoms with Crippen LogP contribution < -0.4 is 5.73 Å². The second-order valence-corrected chi connectivity index (χ2v) is 6.79. The fourth-order valence-corrected chi connectivity index (χ4v) is 3.72. The second kappa shape index (κ2) is 7.55. The summed E-state index contributed by atoms with van der Waals surface area (Å²) in [6.45, 7) is 2.30. The summed E-state index contributed by atoms with van der Waals surface area (Å²) in [6, 6.07) is 5.45. The van der Waals surface area contributed by atoms with Gasteiger partial charge in [-0.2, -0.15) is 0 Å². The summed E-state index contributed by atoms with van der Waals surface area (Å²) in [4.78, 5) is 14.0. The molecule has 1 atom stereocenters. The van der Waals surface area contributed by atoms with Crippen molar-refractivity contribution in [1.29, 1.82) is 0 Å². The van der Waals surface area contributed by atoms with E-state index >= 15 is 0 Å². The molecule has 2 N–H and O–H groups in total. The number of benzene rings is 1. The van der Waals surface area contributed by atoms with E-state index in [0.717, 1.165) is 30.8 Å². The second-order valence-electron chi connectivity index (χ2n) is 4.96. The van der Waals surface area contributed by atoms with Crippen LogP contribution in [0.3, 0.4) is 0 Å². The molecule has 0 aliphatic carbocycles. The first kappa shape index (κ1) is 16.0. The molecule has 6 heteroatoms. The van der Waals surface area contributed by atoms with Crippen LogP contribution in [-0.2, 0) is 10.5 Å². The van der Waals surface area contributed by atoms with Gasteiger partial charge in [-0.3, -0.25) is 4.79 Å². The predicted octanol–water partition coefficient (Wildman–Crippen LogP) is 3.03. The summed E-state index contributed by atoms with van der Waals surface area (Å²) in [5.41, 5.74) is 6.64. The third kappa shape index (κ3) is 4.29. The van der Waals surface area contributed by atoms with Crippen LogP contribution in [-0.4, -0.2) is 36.2 Å². The van der Waals surface area contributed by atoms with E-state index in [4.69, 9.17) is 28.9 Å². The van der Waals surface area contributed by atoms with Crippen molar-refractivity contribution in [2.45, 2.75) is 12.2 Å². The first-order valence-electron chi connectivity index (χ1n) is 6.59. The maximum atomic E-state index is 12.0. The predicted molar refractivity (Wildman–Crippen MR) is 86.4 cm³/mol. The van der Waals surface area contributed by atoms with E-state index in [-0.39, 0.29) is 5.91 Å². The van der Waals surface area contributed by atoms with E-state index in [0.29, 0.717) is 28.3 Å². The van der Waals surface area contributed by atoms with Crippen molar-refractivity contribution in [2.75, 3.05) is 25.4 Å². The molecule has 20 heavy (non-hydrogen) atoms. The smallest absolute Gasteiger partial charge is 0.232 e. The van der Waals surface area contributed by atoms with E-state index < -0.39 is 0 Å². The van der Waals surface area contributed by atoms with Crippen LogP contribution in [0.2, 0.25) is 10.0 Å². The molecule has 2 rings (SSSR count). The van der Waals surface area contributed by atoms with Gasteiger partial charge in [0, 0.05) is 28.9 Å². The van der Waals surface area contributed by atoms with Gasteiger partial charge < -0.3 is 10.6 Å². The number of carbonyl (C=O) groups excluding carboxylic acids is 1. The van der Waals surface area contributed by atoms with Crippen LogP contribution in [0.1, 0.15) is 12.0 Å². The van der Waals surface area contributed by atoms with Crippen LogP contribution in [0.25, 0.3) is 0 Å². The maximum absolute atomic E-state index is 12.0. The molecule has 1 heterocycles. The normalized spacial score (nSPS) is 18.6. The third-order valence-electron chi connectivity index (χ3n) is 3.47. The summed E-state index contributed by atoms with van der Waals surface area (Å²) in [6.07, 6.45) is 1.02. The molecule has 0 saturated carbocycles. The van der Waals surface area contributed by atoms with Crippen molar-refractivity contribution in [1.82, 2.24) is 4.90 Å². The summed E-state index contributed by atoms with van der Waals surface area (Å²) in [7, 11) is 0. The van der Waals surface area contributed by atoms with Gasteiger partial charge >= 0.3 is 0 Å². The molecule has 110 valence electrons. The number of hydrogen-bond acceptors (Lipinski definition) is 3. The Morgan fingerprint density at radius 3 is 2.90 bits per heavy atom. The van der Waals surface area contributed by atoms with Gasteiger partial charge in [0.15, 0.2) is 0 Å². The highest BCUT2D eigenvalue weighted by Crippen LogP contribution is 2.25. The van der Waals surface area contributed by atoms with E-state index in [1.54, 1.807) is 17.8 Å². The fourth-order valence-electron chi connectivity index (χ4n) is 2.23. The first-order chi connectivity index (χ1) is 9.60. The number of rotatable bonds is 5. The molecule has 1 aromatic rings. The Morgan fingerprint density at radius 1 is 1.45 bits per heavy atom. The van der Waals surface area contributed by atoms with Gasteiger partial charge in [0.05, 0.1) is 5.75 Å². The van der Waals surface area contributed by atoms with Gasteiger partial charge in [0.2, 0.25) is 5.91 Å². The molecule has 0 aromatic heterocycles. The monoisotopic (exact) mass is 332 g/mol. The highest BCUT2D eigenvalue weighted by atomic mass is 35.5. The zero-order chi connectivity index (χ0) is 14.5. The highest BCUT2D eigenvalue weighted by molar-refractivity contribution is 7.99. The summed E-state index contributed by atoms with van der Waals surface area (Å²) >= 11 is 13.5. The Bertz CT molecular complexity index is 484. The van der Waals surface area contributed by atoms with Crippen molar-refractivity contribution in [3.05, 3.63) is 33.8 Å². The molecule has 1 saturated heterocycles. The lowest BCUT2D eigenvalue weighted by molar-refractivity contribution is -0.127. The minimum atomic E-state index is 0.191. The summed E-state index contributed by atoms with van der Waals surface area (Å²) < 4.78 is 0. The van der Waals surface area contributed by atoms with Crippen LogP contribution in [0.15, 0.2) is 18.2 Å². The van der Waals surface area contributed by atoms with Crippen LogP contribution in [0.5, 0.6) is 0 Å². The number of nitrogens with two attached hydrogens (primary N) is 1. The zero-order valence-corrected chi connectivity index (χ0v) is 13.5. The molecule has 3 nitrogen and oxygen atoms in total. The van der Waals surface area contributed by atoms with Gasteiger partial charge in [-0.25, -0.2) is 0 Å². The summed E-state index contributed by atoms with van der Waals surface area (Å²) in [5.74, 6) is 1.86. The largest absolute Gasteiger partial charge is 0.342 e. The van der Waals surface area contributed by atoms with Crippen molar-refractivity contribution in [3.8, 4) is 0 Å². The third-order valence-corrected chi connectivity index (χ3v) is 5.02. The molecule has 0 bridgehead atoms. The average Bonchev–Trinajstić information content (AvgIpc) is 2.90. The Labute approximate surface area is 133 Å². The van der Waals surface area contributed by atoms with Crippen LogP contribution >= 0.6 is 35.0 Å². The minimum absolute atomic E-state index is 0.191. The molecule has 1 aromatic carbocycles. The number of amides is 1. The number of halogens is 2. The fraction of sp³-hybridized carbons (Fsp3) is 0.500. The van der Waals surface area contributed by atoms with Crippen molar-refractivity contribution in [2.24, 2.45) is 11.7 Å². The Balaban J connectivity index is 1.77. The maximum Gasteiger partial charge on any atom is 0.232 e. The first-order valence-corrected chi connectivity index (χ1v) is 8.50. The lowest BCUT2D eigenvalue weighted by Gasteiger charge is -2.16. The molecular weight excluding hydrogens is 315 g/mol. The molecule has 1 unspecified atom stereocenters. The van der Waals surface area contributed by atoms with Gasteiger partial charge in [-0.1, -0.05) is 29.3 Å². The Hall–Kier alpha value is -0.420. The van der Waals surface area contributed by atoms with Gasteiger partial charge in [0.25, 0.3) is 0 Å². The lowest BCUT2D eigenvalue weighted by atomic mass is 10.1.